The van der Waals surface area contributed by atoms with Gasteiger partial charge in [0.25, 0.3) is 0 Å². The van der Waals surface area contributed by atoms with Crippen LogP contribution in [-0.2, 0) is 6.54 Å². The van der Waals surface area contributed by atoms with Crippen molar-refractivity contribution in [2.75, 3.05) is 31.4 Å². The quantitative estimate of drug-likeness (QED) is 0.911. The molecule has 0 atom stereocenters. The molecule has 0 amide bonds. The van der Waals surface area contributed by atoms with Gasteiger partial charge in [0.15, 0.2) is 0 Å². The lowest BCUT2D eigenvalue weighted by Gasteiger charge is -2.13. The molecule has 2 aromatic rings. The van der Waals surface area contributed by atoms with Crippen molar-refractivity contribution in [3.63, 3.8) is 0 Å². The van der Waals surface area contributed by atoms with E-state index in [1.807, 2.05) is 26.2 Å². The van der Waals surface area contributed by atoms with Crippen LogP contribution in [-0.4, -0.2) is 36.2 Å². The standard InChI is InChI=1S/C13H15Cl2N5O/c1-20(2)13-18-11(15)17-12(19-13)16-7-8-9(14)5-4-6-10(8)21-3/h4-6H,7H2,1-3H3,(H,16,17,18,19). The van der Waals surface area contributed by atoms with Gasteiger partial charge in [0.1, 0.15) is 5.75 Å². The summed E-state index contributed by atoms with van der Waals surface area (Å²) < 4.78 is 5.29. The van der Waals surface area contributed by atoms with Crippen LogP contribution < -0.4 is 15.0 Å². The maximum Gasteiger partial charge on any atom is 0.230 e. The molecule has 0 spiro atoms. The third kappa shape index (κ3) is 3.86. The van der Waals surface area contributed by atoms with Gasteiger partial charge >= 0.3 is 0 Å². The Kier molecular flexibility index (Phi) is 5.03. The molecule has 8 heteroatoms. The zero-order valence-electron chi connectivity index (χ0n) is 11.9. The second-order valence-corrected chi connectivity index (χ2v) is 5.14. The van der Waals surface area contributed by atoms with Crippen molar-refractivity contribution in [3.05, 3.63) is 34.1 Å². The van der Waals surface area contributed by atoms with Crippen LogP contribution in [0.5, 0.6) is 5.75 Å². The Bertz CT molecular complexity index is 636. The van der Waals surface area contributed by atoms with Crippen molar-refractivity contribution in [2.45, 2.75) is 6.54 Å². The highest BCUT2D eigenvalue weighted by Gasteiger charge is 2.10. The summed E-state index contributed by atoms with van der Waals surface area (Å²) in [6, 6.07) is 5.47. The summed E-state index contributed by atoms with van der Waals surface area (Å²) in [6.07, 6.45) is 0. The number of nitrogens with zero attached hydrogens (tertiary/aromatic N) is 4. The summed E-state index contributed by atoms with van der Waals surface area (Å²) in [6.45, 7) is 0.413. The smallest absolute Gasteiger partial charge is 0.230 e. The molecule has 21 heavy (non-hydrogen) atoms. The van der Waals surface area contributed by atoms with E-state index in [-0.39, 0.29) is 5.28 Å². The van der Waals surface area contributed by atoms with Crippen LogP contribution in [0.4, 0.5) is 11.9 Å². The fraction of sp³-hybridized carbons (Fsp3) is 0.308. The minimum absolute atomic E-state index is 0.127. The van der Waals surface area contributed by atoms with Crippen molar-refractivity contribution in [2.24, 2.45) is 0 Å². The van der Waals surface area contributed by atoms with Gasteiger partial charge in [-0.2, -0.15) is 15.0 Å². The van der Waals surface area contributed by atoms with Crippen molar-refractivity contribution >= 4 is 35.1 Å². The van der Waals surface area contributed by atoms with E-state index in [2.05, 4.69) is 20.3 Å². The fourth-order valence-electron chi connectivity index (χ4n) is 1.69. The van der Waals surface area contributed by atoms with Crippen molar-refractivity contribution in [1.82, 2.24) is 15.0 Å². The van der Waals surface area contributed by atoms with Crippen LogP contribution in [0.15, 0.2) is 18.2 Å². The van der Waals surface area contributed by atoms with Crippen LogP contribution in [0.3, 0.4) is 0 Å². The van der Waals surface area contributed by atoms with Crippen LogP contribution >= 0.6 is 23.2 Å². The molecule has 1 aromatic carbocycles. The number of hydrogen-bond acceptors (Lipinski definition) is 6. The molecular formula is C13H15Cl2N5O. The Labute approximate surface area is 133 Å². The van der Waals surface area contributed by atoms with Crippen LogP contribution in [0, 0.1) is 0 Å². The average molecular weight is 328 g/mol. The number of anilines is 2. The van der Waals surface area contributed by atoms with Gasteiger partial charge in [-0.05, 0) is 23.7 Å². The summed E-state index contributed by atoms with van der Waals surface area (Å²) in [5, 5.41) is 3.81. The summed E-state index contributed by atoms with van der Waals surface area (Å²) in [5.74, 6) is 1.55. The SMILES string of the molecule is COc1cccc(Cl)c1CNc1nc(Cl)nc(N(C)C)n1. The number of methoxy groups -OCH3 is 1. The molecule has 0 aliphatic heterocycles. The average Bonchev–Trinajstić information content (AvgIpc) is 2.45. The van der Waals surface area contributed by atoms with Crippen LogP contribution in [0.2, 0.25) is 10.3 Å². The summed E-state index contributed by atoms with van der Waals surface area (Å²) in [5.41, 5.74) is 0.824. The number of halogens is 2. The van der Waals surface area contributed by atoms with Gasteiger partial charge in [-0.25, -0.2) is 0 Å². The summed E-state index contributed by atoms with van der Waals surface area (Å²) >= 11 is 12.1. The fourth-order valence-corrected chi connectivity index (χ4v) is 2.08. The van der Waals surface area contributed by atoms with Crippen molar-refractivity contribution in [3.8, 4) is 5.75 Å². The second kappa shape index (κ2) is 6.78. The summed E-state index contributed by atoms with van der Waals surface area (Å²) in [4.78, 5) is 14.1. The molecule has 0 unspecified atom stereocenters. The monoisotopic (exact) mass is 327 g/mol. The van der Waals surface area contributed by atoms with Gasteiger partial charge in [-0.1, -0.05) is 17.7 Å². The number of benzene rings is 1. The molecule has 0 fully saturated rings. The van der Waals surface area contributed by atoms with Crippen LogP contribution in [0.25, 0.3) is 0 Å². The van der Waals surface area contributed by atoms with Gasteiger partial charge in [0.05, 0.1) is 7.11 Å². The van der Waals surface area contributed by atoms with E-state index in [1.54, 1.807) is 18.1 Å². The highest BCUT2D eigenvalue weighted by molar-refractivity contribution is 6.31. The van der Waals surface area contributed by atoms with Gasteiger partial charge in [0, 0.05) is 31.2 Å². The first-order chi connectivity index (χ1) is 10.0. The van der Waals surface area contributed by atoms with Gasteiger partial charge in [-0.15, -0.1) is 0 Å². The van der Waals surface area contributed by atoms with Crippen molar-refractivity contribution < 1.29 is 4.74 Å². The lowest BCUT2D eigenvalue weighted by Crippen LogP contribution is -2.15. The lowest BCUT2D eigenvalue weighted by molar-refractivity contribution is 0.410. The zero-order valence-corrected chi connectivity index (χ0v) is 13.4. The molecule has 0 radical (unpaired) electrons. The maximum absolute atomic E-state index is 6.18. The second-order valence-electron chi connectivity index (χ2n) is 4.40. The minimum Gasteiger partial charge on any atom is -0.496 e. The Morgan fingerprint density at radius 1 is 1.19 bits per heavy atom. The third-order valence-corrected chi connectivity index (χ3v) is 3.24. The molecule has 0 saturated heterocycles. The number of rotatable bonds is 5. The minimum atomic E-state index is 0.127. The molecule has 0 saturated carbocycles. The van der Waals surface area contributed by atoms with E-state index in [0.29, 0.717) is 29.2 Å². The predicted octanol–water partition coefficient (Wildman–Crippen LogP) is 2.87. The summed E-state index contributed by atoms with van der Waals surface area (Å²) in [7, 11) is 5.25. The van der Waals surface area contributed by atoms with Crippen LogP contribution in [0.1, 0.15) is 5.56 Å². The highest BCUT2D eigenvalue weighted by atomic mass is 35.5. The zero-order chi connectivity index (χ0) is 15.4. The molecule has 1 heterocycles. The Balaban J connectivity index is 2.21. The molecule has 2 rings (SSSR count). The Morgan fingerprint density at radius 2 is 1.95 bits per heavy atom. The number of nitrogens with one attached hydrogen (secondary N) is 1. The first-order valence-corrected chi connectivity index (χ1v) is 6.91. The molecule has 0 aliphatic carbocycles. The Morgan fingerprint density at radius 3 is 2.62 bits per heavy atom. The van der Waals surface area contributed by atoms with E-state index < -0.39 is 0 Å². The highest BCUT2D eigenvalue weighted by Crippen LogP contribution is 2.26. The molecule has 6 nitrogen and oxygen atoms in total. The Hall–Kier alpha value is -1.79. The first-order valence-electron chi connectivity index (χ1n) is 6.15. The molecule has 0 aliphatic rings. The van der Waals surface area contributed by atoms with Crippen molar-refractivity contribution in [1.29, 1.82) is 0 Å². The van der Waals surface area contributed by atoms with Gasteiger partial charge < -0.3 is 15.0 Å². The van der Waals surface area contributed by atoms with E-state index >= 15 is 0 Å². The third-order valence-electron chi connectivity index (χ3n) is 2.72. The molecule has 1 aromatic heterocycles. The topological polar surface area (TPSA) is 63.2 Å². The van der Waals surface area contributed by atoms with E-state index in [0.717, 1.165) is 5.56 Å². The largest absolute Gasteiger partial charge is 0.496 e. The molecular weight excluding hydrogens is 313 g/mol. The first kappa shape index (κ1) is 15.6. The van der Waals surface area contributed by atoms with E-state index in [9.17, 15) is 0 Å². The normalized spacial score (nSPS) is 10.3. The number of hydrogen-bond donors (Lipinski definition) is 1. The van der Waals surface area contributed by atoms with E-state index in [4.69, 9.17) is 27.9 Å². The number of ether oxygens (including phenoxy) is 1. The lowest BCUT2D eigenvalue weighted by atomic mass is 10.2. The molecule has 0 bridgehead atoms. The number of aromatic nitrogens is 3. The molecule has 112 valence electrons. The maximum atomic E-state index is 6.18. The van der Waals surface area contributed by atoms with Gasteiger partial charge in [0.2, 0.25) is 17.2 Å². The predicted molar refractivity (Wildman–Crippen MR) is 84.5 cm³/mol. The van der Waals surface area contributed by atoms with E-state index in [1.165, 1.54) is 0 Å². The van der Waals surface area contributed by atoms with Gasteiger partial charge in [-0.3, -0.25) is 0 Å². The molecule has 1 N–H and O–H groups in total.